The zero-order chi connectivity index (χ0) is 25.6. The summed E-state index contributed by atoms with van der Waals surface area (Å²) < 4.78 is 6.43. The molecule has 0 spiro atoms. The molecule has 3 aromatic carbocycles. The van der Waals surface area contributed by atoms with Gasteiger partial charge >= 0.3 is 0 Å². The minimum Gasteiger partial charge on any atom is -0.543 e. The largest absolute Gasteiger partial charge is 0.543 e. The van der Waals surface area contributed by atoms with Crippen LogP contribution in [0.15, 0.2) is 72.8 Å². The Balaban J connectivity index is 1.89. The van der Waals surface area contributed by atoms with Gasteiger partial charge in [0.1, 0.15) is 5.75 Å². The number of nitriles is 1. The topological polar surface area (TPSA) is 79.2 Å². The number of nitrogens with one attached hydrogen (secondary N) is 1. The van der Waals surface area contributed by atoms with Crippen LogP contribution in [-0.2, 0) is 6.42 Å². The van der Waals surface area contributed by atoms with Crippen LogP contribution in [0.25, 0.3) is 0 Å². The minimum absolute atomic E-state index is 0.00690. The molecule has 5 nitrogen and oxygen atoms in total. The summed E-state index contributed by atoms with van der Waals surface area (Å²) in [6.07, 6.45) is 0.920. The number of rotatable bonds is 8. The second-order valence-corrected chi connectivity index (χ2v) is 14.8. The Labute approximate surface area is 208 Å². The van der Waals surface area contributed by atoms with Gasteiger partial charge in [0.15, 0.2) is 5.78 Å². The zero-order valence-corrected chi connectivity index (χ0v) is 22.0. The minimum atomic E-state index is -2.11. The van der Waals surface area contributed by atoms with Crippen molar-refractivity contribution in [2.45, 2.75) is 51.7 Å². The molecule has 0 aliphatic carbocycles. The maximum absolute atomic E-state index is 13.3. The maximum Gasteiger partial charge on any atom is 0.255 e. The summed E-state index contributed by atoms with van der Waals surface area (Å²) in [5.74, 6) is 0.227. The third-order valence-corrected chi connectivity index (χ3v) is 10.8. The maximum atomic E-state index is 13.3. The number of carbonyl (C=O) groups is 2. The van der Waals surface area contributed by atoms with Gasteiger partial charge in [-0.15, -0.1) is 0 Å². The molecule has 1 N–H and O–H groups in total. The molecule has 35 heavy (non-hydrogen) atoms. The number of amides is 1. The molecule has 0 saturated carbocycles. The number of hydrogen-bond donors (Lipinski definition) is 1. The SMILES string of the molecule is CC(C)(C)[Si](C)(C)Oc1ccc(NC(=O)c2ccc(C#N)cc2)c(C(=O)CCc2ccccc2)c1. The highest BCUT2D eigenvalue weighted by molar-refractivity contribution is 6.74. The van der Waals surface area contributed by atoms with Crippen molar-refractivity contribution >= 4 is 25.7 Å². The van der Waals surface area contributed by atoms with E-state index in [1.54, 1.807) is 36.4 Å². The fourth-order valence-electron chi connectivity index (χ4n) is 3.30. The van der Waals surface area contributed by atoms with Gasteiger partial charge in [0.05, 0.1) is 17.3 Å². The fourth-order valence-corrected chi connectivity index (χ4v) is 4.32. The summed E-state index contributed by atoms with van der Waals surface area (Å²) in [5.41, 5.74) is 2.84. The summed E-state index contributed by atoms with van der Waals surface area (Å²) in [7, 11) is -2.11. The molecule has 180 valence electrons. The number of Topliss-reactive ketones (excluding diaryl/α,β-unsaturated/α-hetero) is 1. The van der Waals surface area contributed by atoms with Gasteiger partial charge in [0.2, 0.25) is 8.32 Å². The molecule has 0 aliphatic rings. The van der Waals surface area contributed by atoms with Crippen molar-refractivity contribution in [3.8, 4) is 11.8 Å². The van der Waals surface area contributed by atoms with Crippen molar-refractivity contribution in [2.24, 2.45) is 0 Å². The number of ketones is 1. The second kappa shape index (κ2) is 10.7. The summed E-state index contributed by atoms with van der Waals surface area (Å²) >= 11 is 0. The molecule has 0 unspecified atom stereocenters. The van der Waals surface area contributed by atoms with Crippen LogP contribution in [0.1, 0.15) is 59.0 Å². The summed E-state index contributed by atoms with van der Waals surface area (Å²) in [6.45, 7) is 10.8. The van der Waals surface area contributed by atoms with E-state index in [9.17, 15) is 9.59 Å². The van der Waals surface area contributed by atoms with Crippen LogP contribution in [0.4, 0.5) is 5.69 Å². The van der Waals surface area contributed by atoms with Gasteiger partial charge in [0, 0.05) is 17.5 Å². The summed E-state index contributed by atoms with van der Waals surface area (Å²) in [5, 5.41) is 11.9. The summed E-state index contributed by atoms with van der Waals surface area (Å²) in [4.78, 5) is 26.2. The third kappa shape index (κ3) is 6.68. The highest BCUT2D eigenvalue weighted by Crippen LogP contribution is 2.38. The fraction of sp³-hybridized carbons (Fsp3) is 0.276. The van der Waals surface area contributed by atoms with Gasteiger partial charge in [-0.1, -0.05) is 51.1 Å². The number of aryl methyl sites for hydroxylation is 1. The quantitative estimate of drug-likeness (QED) is 0.275. The van der Waals surface area contributed by atoms with E-state index in [-0.39, 0.29) is 16.7 Å². The van der Waals surface area contributed by atoms with Crippen molar-refractivity contribution in [2.75, 3.05) is 5.32 Å². The Bertz CT molecular complexity index is 1240. The van der Waals surface area contributed by atoms with E-state index in [2.05, 4.69) is 39.2 Å². The van der Waals surface area contributed by atoms with E-state index in [1.165, 1.54) is 0 Å². The summed E-state index contributed by atoms with van der Waals surface area (Å²) in [6, 6.07) is 23.6. The molecule has 0 atom stereocenters. The average Bonchev–Trinajstić information content (AvgIpc) is 2.83. The van der Waals surface area contributed by atoms with Crippen LogP contribution >= 0.6 is 0 Å². The number of carbonyl (C=O) groups excluding carboxylic acids is 2. The highest BCUT2D eigenvalue weighted by Gasteiger charge is 2.39. The van der Waals surface area contributed by atoms with E-state index >= 15 is 0 Å². The van der Waals surface area contributed by atoms with E-state index in [4.69, 9.17) is 9.69 Å². The van der Waals surface area contributed by atoms with E-state index in [1.807, 2.05) is 42.5 Å². The molecule has 0 saturated heterocycles. The predicted molar refractivity (Wildman–Crippen MR) is 142 cm³/mol. The molecule has 3 rings (SSSR count). The Hall–Kier alpha value is -3.69. The smallest absolute Gasteiger partial charge is 0.255 e. The first-order chi connectivity index (χ1) is 16.5. The van der Waals surface area contributed by atoms with Crippen molar-refractivity contribution in [1.29, 1.82) is 5.26 Å². The molecular weight excluding hydrogens is 452 g/mol. The number of nitrogens with zero attached hydrogens (tertiary/aromatic N) is 1. The predicted octanol–water partition coefficient (Wildman–Crippen LogP) is 7.01. The first kappa shape index (κ1) is 25.9. The molecule has 0 aromatic heterocycles. The molecule has 0 fully saturated rings. The lowest BCUT2D eigenvalue weighted by Crippen LogP contribution is -2.43. The number of hydrogen-bond acceptors (Lipinski definition) is 4. The normalized spacial score (nSPS) is 11.4. The Kier molecular flexibility index (Phi) is 7.93. The first-order valence-electron chi connectivity index (χ1n) is 11.7. The zero-order valence-electron chi connectivity index (χ0n) is 21.0. The van der Waals surface area contributed by atoms with E-state index in [0.717, 1.165) is 5.56 Å². The van der Waals surface area contributed by atoms with Crippen LogP contribution in [0.3, 0.4) is 0 Å². The molecule has 0 bridgehead atoms. The molecule has 0 aliphatic heterocycles. The van der Waals surface area contributed by atoms with Gasteiger partial charge in [-0.3, -0.25) is 9.59 Å². The second-order valence-electron chi connectivity index (χ2n) is 10.1. The molecular formula is C29H32N2O3Si. The monoisotopic (exact) mass is 484 g/mol. The van der Waals surface area contributed by atoms with Gasteiger partial charge in [-0.25, -0.2) is 0 Å². The Morgan fingerprint density at radius 2 is 1.63 bits per heavy atom. The molecule has 0 heterocycles. The highest BCUT2D eigenvalue weighted by atomic mass is 28.4. The van der Waals surface area contributed by atoms with Gasteiger partial charge in [0.25, 0.3) is 5.91 Å². The third-order valence-electron chi connectivity index (χ3n) is 6.48. The van der Waals surface area contributed by atoms with Crippen LogP contribution in [-0.4, -0.2) is 20.0 Å². The van der Waals surface area contributed by atoms with Crippen molar-refractivity contribution < 1.29 is 14.0 Å². The van der Waals surface area contributed by atoms with Crippen LogP contribution in [0, 0.1) is 11.3 Å². The average molecular weight is 485 g/mol. The van der Waals surface area contributed by atoms with Crippen LogP contribution < -0.4 is 9.74 Å². The lowest BCUT2D eigenvalue weighted by Gasteiger charge is -2.36. The standard InChI is InChI=1S/C29H32N2O3Si/c1-29(2,3)35(4,5)34-24-16-17-26(31-28(33)23-14-11-22(20-30)12-15-23)25(19-24)27(32)18-13-21-9-7-6-8-10-21/h6-12,14-17,19H,13,18H2,1-5H3,(H,31,33). The Morgan fingerprint density at radius 1 is 0.971 bits per heavy atom. The van der Waals surface area contributed by atoms with E-state index in [0.29, 0.717) is 41.0 Å². The van der Waals surface area contributed by atoms with Crippen molar-refractivity contribution in [3.63, 3.8) is 0 Å². The molecule has 6 heteroatoms. The lowest BCUT2D eigenvalue weighted by molar-refractivity contribution is 0.0983. The van der Waals surface area contributed by atoms with Crippen molar-refractivity contribution in [3.05, 3.63) is 95.1 Å². The van der Waals surface area contributed by atoms with Crippen LogP contribution in [0.2, 0.25) is 18.1 Å². The Morgan fingerprint density at radius 3 is 2.23 bits per heavy atom. The first-order valence-corrected chi connectivity index (χ1v) is 14.6. The molecule has 0 radical (unpaired) electrons. The van der Waals surface area contributed by atoms with Crippen molar-refractivity contribution in [1.82, 2.24) is 0 Å². The molecule has 3 aromatic rings. The van der Waals surface area contributed by atoms with Crippen LogP contribution in [0.5, 0.6) is 5.75 Å². The number of benzene rings is 3. The molecule has 1 amide bonds. The lowest BCUT2D eigenvalue weighted by atomic mass is 10.0. The van der Waals surface area contributed by atoms with Gasteiger partial charge < -0.3 is 9.74 Å². The number of anilines is 1. The van der Waals surface area contributed by atoms with Gasteiger partial charge in [-0.05, 0) is 72.6 Å². The van der Waals surface area contributed by atoms with Gasteiger partial charge in [-0.2, -0.15) is 5.26 Å². The van der Waals surface area contributed by atoms with E-state index < -0.39 is 8.32 Å².